The van der Waals surface area contributed by atoms with E-state index in [0.717, 1.165) is 54.7 Å². The normalized spacial score (nSPS) is 24.0. The monoisotopic (exact) mass is 452 g/mol. The Labute approximate surface area is 171 Å². The zero-order chi connectivity index (χ0) is 17.9. The fourth-order valence-electron chi connectivity index (χ4n) is 3.51. The number of hydrogen-bond donors (Lipinski definition) is 1. The van der Waals surface area contributed by atoms with E-state index in [-0.39, 0.29) is 12.1 Å². The molecule has 2 aliphatic rings. The van der Waals surface area contributed by atoms with Gasteiger partial charge in [-0.2, -0.15) is 0 Å². The number of aromatic nitrogens is 1. The van der Waals surface area contributed by atoms with E-state index in [4.69, 9.17) is 17.0 Å². The van der Waals surface area contributed by atoms with Crippen LogP contribution in [0, 0.1) is 0 Å². The van der Waals surface area contributed by atoms with Gasteiger partial charge in [-0.3, -0.25) is 9.88 Å². The van der Waals surface area contributed by atoms with Crippen molar-refractivity contribution in [3.63, 3.8) is 0 Å². The van der Waals surface area contributed by atoms with E-state index in [1.165, 1.54) is 4.88 Å². The third kappa shape index (κ3) is 3.94. The van der Waals surface area contributed by atoms with Crippen LogP contribution < -0.4 is 5.32 Å². The average molecular weight is 453 g/mol. The topological polar surface area (TPSA) is 40.6 Å². The molecular weight excluding hydrogens is 432 g/mol. The van der Waals surface area contributed by atoms with Gasteiger partial charge >= 0.3 is 0 Å². The highest BCUT2D eigenvalue weighted by Crippen LogP contribution is 2.41. The van der Waals surface area contributed by atoms with Crippen molar-refractivity contribution >= 4 is 44.6 Å². The molecule has 0 spiro atoms. The lowest BCUT2D eigenvalue weighted by Crippen LogP contribution is -2.42. The Kier molecular flexibility index (Phi) is 5.85. The summed E-state index contributed by atoms with van der Waals surface area (Å²) in [6, 6.07) is 8.48. The third-order valence-corrected chi connectivity index (χ3v) is 6.95. The molecule has 2 aromatic heterocycles. The van der Waals surface area contributed by atoms with Crippen LogP contribution in [0.25, 0.3) is 0 Å². The van der Waals surface area contributed by atoms with E-state index in [0.29, 0.717) is 0 Å². The molecule has 0 aromatic carbocycles. The molecule has 0 unspecified atom stereocenters. The van der Waals surface area contributed by atoms with E-state index in [2.05, 4.69) is 53.5 Å². The minimum absolute atomic E-state index is 0.0685. The minimum Gasteiger partial charge on any atom is -0.379 e. The molecule has 2 aromatic rings. The first-order valence-corrected chi connectivity index (χ1v) is 10.8. The molecule has 138 valence electrons. The van der Waals surface area contributed by atoms with Crippen LogP contribution in [0.15, 0.2) is 40.3 Å². The lowest BCUT2D eigenvalue weighted by atomic mass is 10.0. The highest BCUT2D eigenvalue weighted by Gasteiger charge is 2.40. The van der Waals surface area contributed by atoms with Crippen molar-refractivity contribution in [2.75, 3.05) is 39.4 Å². The lowest BCUT2D eigenvalue weighted by molar-refractivity contribution is 0.0350. The van der Waals surface area contributed by atoms with Crippen LogP contribution in [-0.2, 0) is 4.74 Å². The van der Waals surface area contributed by atoms with E-state index in [1.54, 1.807) is 11.3 Å². The van der Waals surface area contributed by atoms with Crippen LogP contribution in [-0.4, -0.2) is 59.3 Å². The van der Waals surface area contributed by atoms with Crippen LogP contribution in [0.2, 0.25) is 0 Å². The van der Waals surface area contributed by atoms with Gasteiger partial charge in [-0.25, -0.2) is 0 Å². The van der Waals surface area contributed by atoms with Gasteiger partial charge in [-0.15, -0.1) is 11.3 Å². The molecule has 2 atom stereocenters. The number of thiophene rings is 1. The van der Waals surface area contributed by atoms with Crippen LogP contribution in [0.4, 0.5) is 0 Å². The Morgan fingerprint density at radius 1 is 1.31 bits per heavy atom. The molecule has 4 rings (SSSR count). The standard InChI is InChI=1S/C18H21BrN4OS2/c19-13-11-15(26-12-13)17-16(14-3-1-2-4-20-14)21-18(25)23(17)6-5-22-7-9-24-10-8-22/h1-4,11-12,16-17H,5-10H2,(H,21,25)/t16-,17+/m1/s1. The molecule has 1 N–H and O–H groups in total. The number of rotatable bonds is 5. The van der Waals surface area contributed by atoms with Gasteiger partial charge in [-0.05, 0) is 46.3 Å². The fourth-order valence-corrected chi connectivity index (χ4v) is 5.44. The second-order valence-electron chi connectivity index (χ2n) is 6.44. The zero-order valence-corrected chi connectivity index (χ0v) is 17.5. The molecule has 4 heterocycles. The lowest BCUT2D eigenvalue weighted by Gasteiger charge is -2.31. The predicted octanol–water partition coefficient (Wildman–Crippen LogP) is 3.21. The van der Waals surface area contributed by atoms with Crippen LogP contribution in [0.1, 0.15) is 22.7 Å². The first kappa shape index (κ1) is 18.3. The molecule has 0 radical (unpaired) electrons. The molecule has 2 saturated heterocycles. The van der Waals surface area contributed by atoms with Crippen molar-refractivity contribution in [1.29, 1.82) is 0 Å². The Bertz CT molecular complexity index is 751. The number of nitrogens with one attached hydrogen (secondary N) is 1. The molecule has 8 heteroatoms. The molecule has 0 aliphatic carbocycles. The zero-order valence-electron chi connectivity index (χ0n) is 14.3. The predicted molar refractivity (Wildman–Crippen MR) is 111 cm³/mol. The summed E-state index contributed by atoms with van der Waals surface area (Å²) >= 11 is 11.1. The van der Waals surface area contributed by atoms with Gasteiger partial charge in [0.15, 0.2) is 5.11 Å². The first-order chi connectivity index (χ1) is 12.7. The summed E-state index contributed by atoms with van der Waals surface area (Å²) in [5.74, 6) is 0. The molecule has 0 amide bonds. The van der Waals surface area contributed by atoms with Crippen molar-refractivity contribution in [2.45, 2.75) is 12.1 Å². The summed E-state index contributed by atoms with van der Waals surface area (Å²) in [5, 5.41) is 6.45. The van der Waals surface area contributed by atoms with Crippen molar-refractivity contribution in [2.24, 2.45) is 0 Å². The van der Waals surface area contributed by atoms with E-state index in [9.17, 15) is 0 Å². The van der Waals surface area contributed by atoms with Gasteiger partial charge in [0, 0.05) is 47.1 Å². The van der Waals surface area contributed by atoms with Crippen molar-refractivity contribution in [1.82, 2.24) is 20.1 Å². The summed E-state index contributed by atoms with van der Waals surface area (Å²) in [7, 11) is 0. The van der Waals surface area contributed by atoms with Gasteiger partial charge in [0.1, 0.15) is 0 Å². The SMILES string of the molecule is S=C1N[C@H](c2ccccn2)[C@H](c2cc(Br)cs2)N1CCN1CCOCC1. The van der Waals surface area contributed by atoms with Gasteiger partial charge in [0.05, 0.1) is 31.0 Å². The minimum atomic E-state index is 0.0685. The maximum atomic E-state index is 5.70. The molecule has 0 saturated carbocycles. The molecule has 2 fully saturated rings. The summed E-state index contributed by atoms with van der Waals surface area (Å²) in [4.78, 5) is 10.6. The number of ether oxygens (including phenoxy) is 1. The number of thiocarbonyl (C=S) groups is 1. The molecular formula is C18H21BrN4OS2. The smallest absolute Gasteiger partial charge is 0.170 e. The third-order valence-electron chi connectivity index (χ3n) is 4.84. The number of morpholine rings is 1. The van der Waals surface area contributed by atoms with Crippen LogP contribution >= 0.6 is 39.5 Å². The van der Waals surface area contributed by atoms with E-state index >= 15 is 0 Å². The summed E-state index contributed by atoms with van der Waals surface area (Å²) in [6.07, 6.45) is 1.85. The largest absolute Gasteiger partial charge is 0.379 e. The van der Waals surface area contributed by atoms with Gasteiger partial charge < -0.3 is 15.0 Å². The number of halogens is 1. The maximum absolute atomic E-state index is 5.70. The number of hydrogen-bond acceptors (Lipinski definition) is 5. The van der Waals surface area contributed by atoms with Gasteiger partial charge in [0.25, 0.3) is 0 Å². The Balaban J connectivity index is 1.57. The van der Waals surface area contributed by atoms with Crippen LogP contribution in [0.3, 0.4) is 0 Å². The number of pyridine rings is 1. The highest BCUT2D eigenvalue weighted by molar-refractivity contribution is 9.10. The van der Waals surface area contributed by atoms with Crippen molar-refractivity contribution in [3.05, 3.63) is 50.9 Å². The first-order valence-electron chi connectivity index (χ1n) is 8.74. The van der Waals surface area contributed by atoms with E-state index < -0.39 is 0 Å². The van der Waals surface area contributed by atoms with Crippen molar-refractivity contribution < 1.29 is 4.74 Å². The Hall–Kier alpha value is -1.06. The number of nitrogens with zero attached hydrogens (tertiary/aromatic N) is 3. The molecule has 26 heavy (non-hydrogen) atoms. The quantitative estimate of drug-likeness (QED) is 0.702. The average Bonchev–Trinajstić information content (AvgIpc) is 3.24. The maximum Gasteiger partial charge on any atom is 0.170 e. The second-order valence-corrected chi connectivity index (χ2v) is 8.69. The Morgan fingerprint density at radius 3 is 2.85 bits per heavy atom. The van der Waals surface area contributed by atoms with Gasteiger partial charge in [0.2, 0.25) is 0 Å². The van der Waals surface area contributed by atoms with Gasteiger partial charge in [-0.1, -0.05) is 6.07 Å². The highest BCUT2D eigenvalue weighted by atomic mass is 79.9. The molecule has 0 bridgehead atoms. The fraction of sp³-hybridized carbons (Fsp3) is 0.444. The Morgan fingerprint density at radius 2 is 2.15 bits per heavy atom. The second kappa shape index (κ2) is 8.31. The summed E-state index contributed by atoms with van der Waals surface area (Å²) in [5.41, 5.74) is 1.03. The van der Waals surface area contributed by atoms with E-state index in [1.807, 2.05) is 18.3 Å². The summed E-state index contributed by atoms with van der Waals surface area (Å²) < 4.78 is 6.57. The van der Waals surface area contributed by atoms with Crippen LogP contribution in [0.5, 0.6) is 0 Å². The molecule has 5 nitrogen and oxygen atoms in total. The molecule has 2 aliphatic heterocycles. The van der Waals surface area contributed by atoms with Crippen molar-refractivity contribution in [3.8, 4) is 0 Å². The summed E-state index contributed by atoms with van der Waals surface area (Å²) in [6.45, 7) is 5.51.